The van der Waals surface area contributed by atoms with Crippen LogP contribution in [0, 0.1) is 0 Å². The van der Waals surface area contributed by atoms with Crippen molar-refractivity contribution in [2.75, 3.05) is 25.0 Å². The Labute approximate surface area is 159 Å². The molecule has 0 aliphatic heterocycles. The van der Waals surface area contributed by atoms with Crippen LogP contribution < -0.4 is 16.0 Å². The van der Waals surface area contributed by atoms with E-state index in [1.54, 1.807) is 6.20 Å². The maximum Gasteiger partial charge on any atom is 0.191 e. The number of hydrogen-bond donors (Lipinski definition) is 3. The smallest absolute Gasteiger partial charge is 0.191 e. The van der Waals surface area contributed by atoms with Crippen LogP contribution in [0.15, 0.2) is 53.8 Å². The van der Waals surface area contributed by atoms with Gasteiger partial charge in [-0.15, -0.1) is 10.2 Å². The first-order chi connectivity index (χ1) is 13.4. The lowest BCUT2D eigenvalue weighted by molar-refractivity contribution is 0.710. The number of fused-ring (bicyclic) bond motifs is 1. The minimum absolute atomic E-state index is 0.474. The van der Waals surface area contributed by atoms with Crippen molar-refractivity contribution in [1.29, 1.82) is 0 Å². The second kappa shape index (κ2) is 10.1. The Bertz CT molecular complexity index is 843. The van der Waals surface area contributed by atoms with Gasteiger partial charge >= 0.3 is 0 Å². The average molecular weight is 366 g/mol. The van der Waals surface area contributed by atoms with E-state index in [0.29, 0.717) is 6.54 Å². The lowest BCUT2D eigenvalue weighted by atomic mass is 10.3. The van der Waals surface area contributed by atoms with Crippen LogP contribution in [0.1, 0.15) is 25.6 Å². The van der Waals surface area contributed by atoms with E-state index >= 15 is 0 Å². The molecule has 0 amide bonds. The number of nitrogens with one attached hydrogen (secondary N) is 3. The number of rotatable bonds is 9. The first kappa shape index (κ1) is 18.6. The maximum atomic E-state index is 4.62. The molecule has 142 valence electrons. The highest BCUT2D eigenvalue weighted by Gasteiger charge is 2.04. The van der Waals surface area contributed by atoms with Crippen molar-refractivity contribution in [1.82, 2.24) is 30.2 Å². The van der Waals surface area contributed by atoms with Crippen LogP contribution >= 0.6 is 0 Å². The van der Waals surface area contributed by atoms with E-state index in [2.05, 4.69) is 43.0 Å². The molecule has 3 aromatic rings. The van der Waals surface area contributed by atoms with Crippen LogP contribution in [0.4, 0.5) is 5.82 Å². The van der Waals surface area contributed by atoms with Gasteiger partial charge in [0.1, 0.15) is 12.4 Å². The highest BCUT2D eigenvalue weighted by molar-refractivity contribution is 5.79. The predicted molar refractivity (Wildman–Crippen MR) is 108 cm³/mol. The van der Waals surface area contributed by atoms with Gasteiger partial charge in [-0.1, -0.05) is 12.1 Å². The fourth-order valence-corrected chi connectivity index (χ4v) is 2.63. The van der Waals surface area contributed by atoms with Crippen molar-refractivity contribution >= 4 is 17.4 Å². The average Bonchev–Trinajstić information content (AvgIpc) is 3.12. The number of guanidine groups is 1. The summed E-state index contributed by atoms with van der Waals surface area (Å²) in [5.74, 6) is 2.53. The summed E-state index contributed by atoms with van der Waals surface area (Å²) >= 11 is 0. The minimum Gasteiger partial charge on any atom is -0.370 e. The summed E-state index contributed by atoms with van der Waals surface area (Å²) in [6, 6.07) is 11.7. The van der Waals surface area contributed by atoms with Gasteiger partial charge in [0.25, 0.3) is 0 Å². The molecule has 0 saturated carbocycles. The van der Waals surface area contributed by atoms with Crippen LogP contribution in [0.5, 0.6) is 0 Å². The molecular weight excluding hydrogens is 340 g/mol. The normalized spacial score (nSPS) is 11.5. The van der Waals surface area contributed by atoms with E-state index in [9.17, 15) is 0 Å². The summed E-state index contributed by atoms with van der Waals surface area (Å²) in [6.07, 6.45) is 5.84. The van der Waals surface area contributed by atoms with Gasteiger partial charge < -0.3 is 16.0 Å². The van der Waals surface area contributed by atoms with Crippen molar-refractivity contribution < 1.29 is 0 Å². The molecule has 3 heterocycles. The third-order valence-electron chi connectivity index (χ3n) is 3.97. The third kappa shape index (κ3) is 5.67. The van der Waals surface area contributed by atoms with Gasteiger partial charge in [0.15, 0.2) is 17.4 Å². The summed E-state index contributed by atoms with van der Waals surface area (Å²) in [6.45, 7) is 5.10. The second-order valence-electron chi connectivity index (χ2n) is 6.02. The Balaban J connectivity index is 1.42. The molecule has 27 heavy (non-hydrogen) atoms. The molecule has 0 spiro atoms. The number of nitrogens with zero attached hydrogens (tertiary/aromatic N) is 5. The number of unbranched alkanes of at least 4 members (excludes halogenated alkanes) is 1. The lowest BCUT2D eigenvalue weighted by Gasteiger charge is -2.11. The predicted octanol–water partition coefficient (Wildman–Crippen LogP) is 2.07. The third-order valence-corrected chi connectivity index (χ3v) is 3.97. The molecule has 3 N–H and O–H groups in total. The van der Waals surface area contributed by atoms with E-state index in [-0.39, 0.29) is 0 Å². The molecule has 3 aromatic heterocycles. The van der Waals surface area contributed by atoms with Gasteiger partial charge in [-0.25, -0.2) is 9.98 Å². The van der Waals surface area contributed by atoms with Gasteiger partial charge in [0.2, 0.25) is 0 Å². The van der Waals surface area contributed by atoms with Crippen molar-refractivity contribution in [2.24, 2.45) is 4.99 Å². The molecule has 0 radical (unpaired) electrons. The van der Waals surface area contributed by atoms with Crippen molar-refractivity contribution in [3.63, 3.8) is 0 Å². The quantitative estimate of drug-likeness (QED) is 0.305. The minimum atomic E-state index is 0.474. The summed E-state index contributed by atoms with van der Waals surface area (Å²) < 4.78 is 1.95. The summed E-state index contributed by atoms with van der Waals surface area (Å²) in [5.41, 5.74) is 0.834. The molecule has 0 aliphatic carbocycles. The molecular formula is C19H26N8. The Morgan fingerprint density at radius 3 is 2.78 bits per heavy atom. The van der Waals surface area contributed by atoms with Crippen LogP contribution in [0.25, 0.3) is 5.65 Å². The summed E-state index contributed by atoms with van der Waals surface area (Å²) in [7, 11) is 0. The topological polar surface area (TPSA) is 91.5 Å². The summed E-state index contributed by atoms with van der Waals surface area (Å²) in [4.78, 5) is 8.87. The highest BCUT2D eigenvalue weighted by Crippen LogP contribution is 2.04. The first-order valence-corrected chi connectivity index (χ1v) is 9.32. The zero-order valence-electron chi connectivity index (χ0n) is 15.6. The molecule has 0 aromatic carbocycles. The van der Waals surface area contributed by atoms with Gasteiger partial charge in [-0.3, -0.25) is 4.40 Å². The number of hydrogen-bond acceptors (Lipinski definition) is 5. The molecule has 0 fully saturated rings. The van der Waals surface area contributed by atoms with Gasteiger partial charge in [0, 0.05) is 32.0 Å². The van der Waals surface area contributed by atoms with Crippen molar-refractivity contribution in [3.8, 4) is 0 Å². The Kier molecular flexibility index (Phi) is 6.97. The molecule has 0 bridgehead atoms. The van der Waals surface area contributed by atoms with E-state index in [0.717, 1.165) is 55.7 Å². The zero-order valence-corrected chi connectivity index (χ0v) is 15.6. The number of aromatic nitrogens is 4. The molecule has 8 heteroatoms. The molecule has 0 atom stereocenters. The van der Waals surface area contributed by atoms with Crippen LogP contribution in [-0.2, 0) is 6.54 Å². The Hall–Kier alpha value is -3.16. The van der Waals surface area contributed by atoms with E-state index in [4.69, 9.17) is 0 Å². The second-order valence-corrected chi connectivity index (χ2v) is 6.02. The van der Waals surface area contributed by atoms with E-state index in [1.165, 1.54) is 0 Å². The van der Waals surface area contributed by atoms with Crippen LogP contribution in [0.2, 0.25) is 0 Å². The van der Waals surface area contributed by atoms with Crippen LogP contribution in [-0.4, -0.2) is 45.2 Å². The standard InChI is InChI=1S/C19H26N8/c1-2-20-19(23-13-7-6-12-22-16-9-3-5-11-21-16)24-15-18-26-25-17-10-4-8-14-27(17)18/h3-5,8-11,14H,2,6-7,12-13,15H2,1H3,(H,21,22)(H2,20,23,24). The maximum absolute atomic E-state index is 4.62. The van der Waals surface area contributed by atoms with Gasteiger partial charge in [0.05, 0.1) is 0 Å². The summed E-state index contributed by atoms with van der Waals surface area (Å²) in [5, 5.41) is 18.3. The molecule has 3 rings (SSSR count). The largest absolute Gasteiger partial charge is 0.370 e. The molecule has 0 saturated heterocycles. The Morgan fingerprint density at radius 1 is 1.04 bits per heavy atom. The fourth-order valence-electron chi connectivity index (χ4n) is 2.63. The monoisotopic (exact) mass is 366 g/mol. The Morgan fingerprint density at radius 2 is 1.93 bits per heavy atom. The molecule has 0 unspecified atom stereocenters. The number of aliphatic imine (C=N–C) groups is 1. The van der Waals surface area contributed by atoms with Gasteiger partial charge in [-0.2, -0.15) is 0 Å². The SMILES string of the molecule is CCNC(=NCc1nnc2ccccn12)NCCCCNc1ccccn1. The molecule has 8 nitrogen and oxygen atoms in total. The lowest BCUT2D eigenvalue weighted by Crippen LogP contribution is -2.37. The number of pyridine rings is 2. The number of anilines is 1. The first-order valence-electron chi connectivity index (χ1n) is 9.32. The van der Waals surface area contributed by atoms with Crippen LogP contribution in [0.3, 0.4) is 0 Å². The van der Waals surface area contributed by atoms with Gasteiger partial charge in [-0.05, 0) is 44.0 Å². The fraction of sp³-hybridized carbons (Fsp3) is 0.368. The van der Waals surface area contributed by atoms with E-state index in [1.807, 2.05) is 47.0 Å². The van der Waals surface area contributed by atoms with Crippen molar-refractivity contribution in [2.45, 2.75) is 26.3 Å². The zero-order chi connectivity index (χ0) is 18.7. The molecule has 0 aliphatic rings. The highest BCUT2D eigenvalue weighted by atomic mass is 15.3. The van der Waals surface area contributed by atoms with E-state index < -0.39 is 0 Å². The van der Waals surface area contributed by atoms with Crippen molar-refractivity contribution in [3.05, 3.63) is 54.6 Å².